The highest BCUT2D eigenvalue weighted by atomic mass is 16.7. The SMILES string of the molecule is c1cc2c(cc1C[NH2+]CC[NH+]1CCOCC1)OCO2. The molecule has 1 saturated heterocycles. The lowest BCUT2D eigenvalue weighted by Gasteiger charge is -2.22. The number of benzene rings is 1. The number of rotatable bonds is 5. The van der Waals surface area contributed by atoms with Crippen molar-refractivity contribution in [3.05, 3.63) is 23.8 Å². The van der Waals surface area contributed by atoms with E-state index in [1.807, 2.05) is 6.07 Å². The van der Waals surface area contributed by atoms with Gasteiger partial charge < -0.3 is 24.4 Å². The van der Waals surface area contributed by atoms with Crippen molar-refractivity contribution < 1.29 is 24.4 Å². The van der Waals surface area contributed by atoms with Crippen LogP contribution in [0.25, 0.3) is 0 Å². The molecule has 104 valence electrons. The Kier molecular flexibility index (Phi) is 4.17. The highest BCUT2D eigenvalue weighted by molar-refractivity contribution is 5.44. The van der Waals surface area contributed by atoms with Crippen LogP contribution in [0.3, 0.4) is 0 Å². The molecule has 0 amide bonds. The molecule has 0 radical (unpaired) electrons. The van der Waals surface area contributed by atoms with E-state index in [0.717, 1.165) is 50.9 Å². The predicted molar refractivity (Wildman–Crippen MR) is 69.4 cm³/mol. The van der Waals surface area contributed by atoms with E-state index < -0.39 is 0 Å². The first kappa shape index (κ1) is 12.7. The van der Waals surface area contributed by atoms with Crippen molar-refractivity contribution in [2.24, 2.45) is 0 Å². The van der Waals surface area contributed by atoms with Gasteiger partial charge in [0.15, 0.2) is 11.5 Å². The minimum atomic E-state index is 0.350. The molecule has 19 heavy (non-hydrogen) atoms. The van der Waals surface area contributed by atoms with Crippen molar-refractivity contribution in [1.29, 1.82) is 0 Å². The molecule has 2 aliphatic heterocycles. The lowest BCUT2D eigenvalue weighted by atomic mass is 10.2. The Morgan fingerprint density at radius 3 is 2.84 bits per heavy atom. The predicted octanol–water partition coefficient (Wildman–Crippen LogP) is -1.61. The average molecular weight is 266 g/mol. The van der Waals surface area contributed by atoms with Crippen LogP contribution in [0.5, 0.6) is 11.5 Å². The molecule has 0 atom stereocenters. The van der Waals surface area contributed by atoms with E-state index in [1.165, 1.54) is 12.1 Å². The summed E-state index contributed by atoms with van der Waals surface area (Å²) in [5.41, 5.74) is 1.29. The van der Waals surface area contributed by atoms with Gasteiger partial charge in [0.05, 0.1) is 13.2 Å². The molecule has 3 N–H and O–H groups in total. The minimum absolute atomic E-state index is 0.350. The van der Waals surface area contributed by atoms with Gasteiger partial charge in [0, 0.05) is 5.56 Å². The fraction of sp³-hybridized carbons (Fsp3) is 0.571. The summed E-state index contributed by atoms with van der Waals surface area (Å²) in [5.74, 6) is 1.74. The molecule has 0 spiro atoms. The van der Waals surface area contributed by atoms with Crippen molar-refractivity contribution in [3.63, 3.8) is 0 Å². The molecule has 2 aliphatic rings. The summed E-state index contributed by atoms with van der Waals surface area (Å²) >= 11 is 0. The Balaban J connectivity index is 1.40. The van der Waals surface area contributed by atoms with Gasteiger partial charge in [-0.3, -0.25) is 0 Å². The van der Waals surface area contributed by atoms with Crippen LogP contribution < -0.4 is 19.7 Å². The maximum Gasteiger partial charge on any atom is 0.231 e. The molecule has 2 heterocycles. The third-order valence-electron chi connectivity index (χ3n) is 3.72. The van der Waals surface area contributed by atoms with Gasteiger partial charge >= 0.3 is 0 Å². The van der Waals surface area contributed by atoms with Gasteiger partial charge in [-0.1, -0.05) is 0 Å². The van der Waals surface area contributed by atoms with Crippen molar-refractivity contribution in [3.8, 4) is 11.5 Å². The zero-order valence-electron chi connectivity index (χ0n) is 11.2. The van der Waals surface area contributed by atoms with Crippen LogP contribution in [0, 0.1) is 0 Å². The second-order valence-corrected chi connectivity index (χ2v) is 5.08. The summed E-state index contributed by atoms with van der Waals surface area (Å²) in [6.07, 6.45) is 0. The monoisotopic (exact) mass is 266 g/mol. The highest BCUT2D eigenvalue weighted by Crippen LogP contribution is 2.32. The van der Waals surface area contributed by atoms with Crippen LogP contribution in [-0.4, -0.2) is 46.2 Å². The standard InChI is InChI=1S/C14H20N2O3/c1-2-13-14(19-11-18-13)9-12(1)10-15-3-4-16-5-7-17-8-6-16/h1-2,9,15H,3-8,10-11H2/p+2. The van der Waals surface area contributed by atoms with E-state index in [1.54, 1.807) is 4.90 Å². The second-order valence-electron chi connectivity index (χ2n) is 5.08. The number of fused-ring (bicyclic) bond motifs is 1. The highest BCUT2D eigenvalue weighted by Gasteiger charge is 2.15. The van der Waals surface area contributed by atoms with Crippen LogP contribution >= 0.6 is 0 Å². The van der Waals surface area contributed by atoms with E-state index in [4.69, 9.17) is 14.2 Å². The molecule has 1 fully saturated rings. The van der Waals surface area contributed by atoms with Crippen molar-refractivity contribution >= 4 is 0 Å². The molecule has 0 aromatic heterocycles. The lowest BCUT2D eigenvalue weighted by Crippen LogP contribution is -3.16. The van der Waals surface area contributed by atoms with Crippen LogP contribution in [0.15, 0.2) is 18.2 Å². The molecule has 5 nitrogen and oxygen atoms in total. The molecule has 3 rings (SSSR count). The second kappa shape index (κ2) is 6.23. The number of ether oxygens (including phenoxy) is 3. The van der Waals surface area contributed by atoms with E-state index in [2.05, 4.69) is 17.4 Å². The third kappa shape index (κ3) is 3.37. The summed E-state index contributed by atoms with van der Waals surface area (Å²) in [6.45, 7) is 7.85. The Morgan fingerprint density at radius 2 is 1.95 bits per heavy atom. The first-order valence-electron chi connectivity index (χ1n) is 7.03. The lowest BCUT2D eigenvalue weighted by molar-refractivity contribution is -0.920. The molecule has 0 bridgehead atoms. The smallest absolute Gasteiger partial charge is 0.231 e. The number of nitrogens with two attached hydrogens (primary N) is 1. The largest absolute Gasteiger partial charge is 0.454 e. The van der Waals surface area contributed by atoms with Crippen molar-refractivity contribution in [1.82, 2.24) is 0 Å². The molecule has 0 aliphatic carbocycles. The Hall–Kier alpha value is -1.30. The molecule has 5 heteroatoms. The number of hydrogen-bond donors (Lipinski definition) is 2. The van der Waals surface area contributed by atoms with Crippen LogP contribution in [0.4, 0.5) is 0 Å². The summed E-state index contributed by atoms with van der Waals surface area (Å²) < 4.78 is 16.1. The molecule has 0 unspecified atom stereocenters. The first-order valence-corrected chi connectivity index (χ1v) is 7.03. The molecule has 0 saturated carbocycles. The fourth-order valence-electron chi connectivity index (χ4n) is 2.55. The molecular formula is C14H22N2O3+2. The van der Waals surface area contributed by atoms with Gasteiger partial charge in [-0.2, -0.15) is 0 Å². The average Bonchev–Trinajstić information content (AvgIpc) is 2.92. The number of hydrogen-bond acceptors (Lipinski definition) is 3. The maximum atomic E-state index is 5.39. The molecule has 1 aromatic rings. The van der Waals surface area contributed by atoms with Crippen molar-refractivity contribution in [2.75, 3.05) is 46.2 Å². The van der Waals surface area contributed by atoms with E-state index in [0.29, 0.717) is 6.79 Å². The number of morpholine rings is 1. The zero-order valence-corrected chi connectivity index (χ0v) is 11.2. The van der Waals surface area contributed by atoms with Gasteiger partial charge in [0.1, 0.15) is 32.7 Å². The van der Waals surface area contributed by atoms with Crippen molar-refractivity contribution in [2.45, 2.75) is 6.54 Å². The Bertz CT molecular complexity index is 419. The molecule has 1 aromatic carbocycles. The normalized spacial score (nSPS) is 18.7. The number of nitrogens with one attached hydrogen (secondary N) is 1. The Labute approximate surface area is 113 Å². The Morgan fingerprint density at radius 1 is 1.11 bits per heavy atom. The zero-order chi connectivity index (χ0) is 12.9. The van der Waals surface area contributed by atoms with Gasteiger partial charge in [-0.25, -0.2) is 0 Å². The first-order chi connectivity index (χ1) is 9.42. The van der Waals surface area contributed by atoms with E-state index >= 15 is 0 Å². The minimum Gasteiger partial charge on any atom is -0.454 e. The van der Waals surface area contributed by atoms with Crippen LogP contribution in [0.1, 0.15) is 5.56 Å². The van der Waals surface area contributed by atoms with E-state index in [-0.39, 0.29) is 0 Å². The third-order valence-corrected chi connectivity index (χ3v) is 3.72. The summed E-state index contributed by atoms with van der Waals surface area (Å²) in [6, 6.07) is 6.20. The topological polar surface area (TPSA) is 48.7 Å². The van der Waals surface area contributed by atoms with Gasteiger partial charge in [0.2, 0.25) is 6.79 Å². The molecular weight excluding hydrogens is 244 g/mol. The summed E-state index contributed by atoms with van der Waals surface area (Å²) in [5, 5.41) is 2.36. The quantitative estimate of drug-likeness (QED) is 0.631. The van der Waals surface area contributed by atoms with Gasteiger partial charge in [-0.05, 0) is 18.2 Å². The maximum absolute atomic E-state index is 5.39. The van der Waals surface area contributed by atoms with Crippen LogP contribution in [0.2, 0.25) is 0 Å². The van der Waals surface area contributed by atoms with Crippen LogP contribution in [-0.2, 0) is 11.3 Å². The fourth-order valence-corrected chi connectivity index (χ4v) is 2.55. The summed E-state index contributed by atoms with van der Waals surface area (Å²) in [4.78, 5) is 1.66. The van der Waals surface area contributed by atoms with Gasteiger partial charge in [-0.15, -0.1) is 0 Å². The van der Waals surface area contributed by atoms with E-state index in [9.17, 15) is 0 Å². The summed E-state index contributed by atoms with van der Waals surface area (Å²) in [7, 11) is 0. The number of quaternary nitrogens is 2. The van der Waals surface area contributed by atoms with Gasteiger partial charge in [0.25, 0.3) is 0 Å².